The van der Waals surface area contributed by atoms with Gasteiger partial charge in [-0.05, 0) is 44.5 Å². The first kappa shape index (κ1) is 17.9. The van der Waals surface area contributed by atoms with Crippen molar-refractivity contribution in [3.8, 4) is 11.5 Å². The third kappa shape index (κ3) is 2.88. The van der Waals surface area contributed by atoms with Crippen LogP contribution < -0.4 is 14.8 Å². The Bertz CT molecular complexity index is 954. The first-order valence-corrected chi connectivity index (χ1v) is 9.38. The van der Waals surface area contributed by atoms with Crippen molar-refractivity contribution in [3.05, 3.63) is 45.3 Å². The predicted octanol–water partition coefficient (Wildman–Crippen LogP) is 3.40. The Morgan fingerprint density at radius 2 is 1.81 bits per heavy atom. The second-order valence-corrected chi connectivity index (χ2v) is 7.71. The number of nitrogens with zero attached hydrogens (tertiary/aromatic N) is 1. The number of benzene rings is 1. The van der Waals surface area contributed by atoms with Crippen molar-refractivity contribution in [1.82, 2.24) is 10.2 Å². The van der Waals surface area contributed by atoms with Crippen LogP contribution >= 0.6 is 15.9 Å². The van der Waals surface area contributed by atoms with Crippen LogP contribution in [0.1, 0.15) is 29.6 Å². The van der Waals surface area contributed by atoms with E-state index in [1.807, 2.05) is 6.92 Å². The number of carbonyl (C=O) groups excluding carboxylic acids is 2. The monoisotopic (exact) mass is 434 g/mol. The highest BCUT2D eigenvalue weighted by Gasteiger charge is 2.50. The molecule has 7 nitrogen and oxygen atoms in total. The minimum Gasteiger partial charge on any atom is -0.486 e. The Morgan fingerprint density at radius 3 is 2.44 bits per heavy atom. The van der Waals surface area contributed by atoms with Crippen molar-refractivity contribution in [3.63, 3.8) is 0 Å². The van der Waals surface area contributed by atoms with Gasteiger partial charge in [0.15, 0.2) is 11.5 Å². The summed E-state index contributed by atoms with van der Waals surface area (Å²) in [5.74, 6) is 2.24. The number of imide groups is 1. The molecule has 1 aromatic carbocycles. The molecule has 0 radical (unpaired) electrons. The van der Waals surface area contributed by atoms with Crippen LogP contribution in [-0.4, -0.2) is 30.1 Å². The Morgan fingerprint density at radius 1 is 1.15 bits per heavy atom. The third-order valence-electron chi connectivity index (χ3n) is 4.89. The van der Waals surface area contributed by atoms with E-state index in [0.29, 0.717) is 41.8 Å². The molecule has 142 valence electrons. The minimum atomic E-state index is -1.15. The SMILES string of the molecule is Cc1cc(C2(C)NC(=O)N(Cc3cc4c(cc3Br)OCCO4)C2=O)c(C)o1. The van der Waals surface area contributed by atoms with Crippen molar-refractivity contribution in [2.24, 2.45) is 0 Å². The first-order chi connectivity index (χ1) is 12.8. The molecule has 2 aromatic rings. The molecule has 1 saturated heterocycles. The van der Waals surface area contributed by atoms with Crippen LogP contribution in [0.15, 0.2) is 27.1 Å². The number of nitrogens with one attached hydrogen (secondary N) is 1. The number of aryl methyl sites for hydroxylation is 2. The summed E-state index contributed by atoms with van der Waals surface area (Å²) >= 11 is 3.49. The molecule has 3 heterocycles. The largest absolute Gasteiger partial charge is 0.486 e. The lowest BCUT2D eigenvalue weighted by atomic mass is 9.92. The number of halogens is 1. The second kappa shape index (κ2) is 6.30. The number of rotatable bonds is 3. The van der Waals surface area contributed by atoms with Gasteiger partial charge in [-0.3, -0.25) is 9.69 Å². The maximum Gasteiger partial charge on any atom is 0.325 e. The predicted molar refractivity (Wildman–Crippen MR) is 99.7 cm³/mol. The number of hydrogen-bond acceptors (Lipinski definition) is 5. The molecule has 1 N–H and O–H groups in total. The molecule has 1 atom stereocenters. The average Bonchev–Trinajstić information content (AvgIpc) is 3.07. The van der Waals surface area contributed by atoms with Crippen LogP contribution in [0.2, 0.25) is 0 Å². The van der Waals surface area contributed by atoms with Crippen molar-refractivity contribution in [2.75, 3.05) is 13.2 Å². The van der Waals surface area contributed by atoms with E-state index in [1.165, 1.54) is 4.90 Å². The number of amides is 3. The summed E-state index contributed by atoms with van der Waals surface area (Å²) in [6, 6.07) is 4.94. The highest BCUT2D eigenvalue weighted by molar-refractivity contribution is 9.10. The number of urea groups is 1. The van der Waals surface area contributed by atoms with Crippen LogP contribution in [0.3, 0.4) is 0 Å². The van der Waals surface area contributed by atoms with Gasteiger partial charge >= 0.3 is 6.03 Å². The highest BCUT2D eigenvalue weighted by Crippen LogP contribution is 2.38. The Kier molecular flexibility index (Phi) is 4.18. The number of fused-ring (bicyclic) bond motifs is 1. The quantitative estimate of drug-likeness (QED) is 0.748. The van der Waals surface area contributed by atoms with E-state index in [1.54, 1.807) is 32.0 Å². The van der Waals surface area contributed by atoms with Crippen LogP contribution in [0.4, 0.5) is 4.79 Å². The molecule has 0 aliphatic carbocycles. The molecule has 0 bridgehead atoms. The summed E-state index contributed by atoms with van der Waals surface area (Å²) in [6.07, 6.45) is 0. The fraction of sp³-hybridized carbons (Fsp3) is 0.368. The van der Waals surface area contributed by atoms with Gasteiger partial charge in [0.05, 0.1) is 6.54 Å². The van der Waals surface area contributed by atoms with Gasteiger partial charge in [-0.2, -0.15) is 0 Å². The van der Waals surface area contributed by atoms with E-state index >= 15 is 0 Å². The zero-order chi connectivity index (χ0) is 19.3. The van der Waals surface area contributed by atoms with E-state index in [2.05, 4.69) is 21.2 Å². The molecule has 8 heteroatoms. The van der Waals surface area contributed by atoms with Gasteiger partial charge in [0.2, 0.25) is 0 Å². The van der Waals surface area contributed by atoms with Gasteiger partial charge in [-0.15, -0.1) is 0 Å². The van der Waals surface area contributed by atoms with Gasteiger partial charge in [-0.25, -0.2) is 4.79 Å². The summed E-state index contributed by atoms with van der Waals surface area (Å²) in [6.45, 7) is 6.37. The lowest BCUT2D eigenvalue weighted by molar-refractivity contribution is -0.131. The van der Waals surface area contributed by atoms with E-state index in [9.17, 15) is 9.59 Å². The molecule has 1 aromatic heterocycles. The van der Waals surface area contributed by atoms with E-state index in [-0.39, 0.29) is 12.5 Å². The molecule has 1 fully saturated rings. The van der Waals surface area contributed by atoms with Gasteiger partial charge in [0.1, 0.15) is 30.3 Å². The zero-order valence-electron chi connectivity index (χ0n) is 15.2. The van der Waals surface area contributed by atoms with Gasteiger partial charge in [-0.1, -0.05) is 15.9 Å². The maximum atomic E-state index is 13.1. The Balaban J connectivity index is 1.65. The second-order valence-electron chi connectivity index (χ2n) is 6.86. The summed E-state index contributed by atoms with van der Waals surface area (Å²) in [5, 5.41) is 2.81. The summed E-state index contributed by atoms with van der Waals surface area (Å²) in [7, 11) is 0. The third-order valence-corrected chi connectivity index (χ3v) is 5.63. The molecule has 3 amide bonds. The molecule has 27 heavy (non-hydrogen) atoms. The number of ether oxygens (including phenoxy) is 2. The minimum absolute atomic E-state index is 0.118. The molecule has 2 aliphatic heterocycles. The number of furan rings is 1. The first-order valence-electron chi connectivity index (χ1n) is 8.59. The lowest BCUT2D eigenvalue weighted by Crippen LogP contribution is -2.41. The maximum absolute atomic E-state index is 13.1. The van der Waals surface area contributed by atoms with Gasteiger partial charge < -0.3 is 19.2 Å². The summed E-state index contributed by atoms with van der Waals surface area (Å²) in [4.78, 5) is 26.9. The lowest BCUT2D eigenvalue weighted by Gasteiger charge is -2.22. The number of hydrogen-bond donors (Lipinski definition) is 1. The number of carbonyl (C=O) groups is 2. The van der Waals surface area contributed by atoms with Crippen LogP contribution in [0, 0.1) is 13.8 Å². The van der Waals surface area contributed by atoms with Crippen LogP contribution in [-0.2, 0) is 16.9 Å². The normalized spacial score (nSPS) is 21.6. The molecule has 2 aliphatic rings. The fourth-order valence-electron chi connectivity index (χ4n) is 3.55. The van der Waals surface area contributed by atoms with E-state index < -0.39 is 11.6 Å². The van der Waals surface area contributed by atoms with Crippen LogP contribution in [0.5, 0.6) is 11.5 Å². The van der Waals surface area contributed by atoms with Gasteiger partial charge in [0, 0.05) is 10.0 Å². The zero-order valence-corrected chi connectivity index (χ0v) is 16.8. The van der Waals surface area contributed by atoms with Crippen molar-refractivity contribution in [2.45, 2.75) is 32.9 Å². The molecule has 1 unspecified atom stereocenters. The van der Waals surface area contributed by atoms with Gasteiger partial charge in [0.25, 0.3) is 5.91 Å². The van der Waals surface area contributed by atoms with Crippen molar-refractivity contribution < 1.29 is 23.5 Å². The van der Waals surface area contributed by atoms with Crippen LogP contribution in [0.25, 0.3) is 0 Å². The fourth-order valence-corrected chi connectivity index (χ4v) is 4.00. The summed E-state index contributed by atoms with van der Waals surface area (Å²) < 4.78 is 17.5. The topological polar surface area (TPSA) is 81.0 Å². The average molecular weight is 435 g/mol. The van der Waals surface area contributed by atoms with E-state index in [0.717, 1.165) is 10.0 Å². The van der Waals surface area contributed by atoms with E-state index in [4.69, 9.17) is 13.9 Å². The molecular formula is C19H19BrN2O5. The highest BCUT2D eigenvalue weighted by atomic mass is 79.9. The molecule has 4 rings (SSSR count). The smallest absolute Gasteiger partial charge is 0.325 e. The molecule has 0 spiro atoms. The standard InChI is InChI=1S/C19H19BrN2O5/c1-10-6-13(11(2)27-10)19(3)17(23)22(18(24)21-19)9-12-7-15-16(8-14(12)20)26-5-4-25-15/h6-8H,4-5,9H2,1-3H3,(H,21,24). The molecule has 0 saturated carbocycles. The van der Waals surface area contributed by atoms with Crippen molar-refractivity contribution >= 4 is 27.9 Å². The van der Waals surface area contributed by atoms with Crippen molar-refractivity contribution in [1.29, 1.82) is 0 Å². The Labute approximate surface area is 164 Å². The molecular weight excluding hydrogens is 416 g/mol. The Hall–Kier alpha value is -2.48. The summed E-state index contributed by atoms with van der Waals surface area (Å²) in [5.41, 5.74) is 0.272.